The van der Waals surface area contributed by atoms with Gasteiger partial charge in [-0.3, -0.25) is 0 Å². The molecule has 1 heterocycles. The molecule has 88 valence electrons. The molecule has 1 atom stereocenters. The molecule has 0 saturated carbocycles. The number of anilines is 2. The number of nitrogens with two attached hydrogens (primary N) is 1. The first-order valence-corrected chi connectivity index (χ1v) is 6.39. The van der Waals surface area contributed by atoms with Crippen molar-refractivity contribution in [3.05, 3.63) is 23.8 Å². The van der Waals surface area contributed by atoms with E-state index in [0.717, 1.165) is 24.0 Å². The highest BCUT2D eigenvalue weighted by Crippen LogP contribution is 2.27. The molecule has 1 aromatic carbocycles. The molecule has 0 bridgehead atoms. The van der Waals surface area contributed by atoms with Gasteiger partial charge in [0.05, 0.1) is 11.4 Å². The number of thioether (sulfide) groups is 1. The van der Waals surface area contributed by atoms with Crippen molar-refractivity contribution in [2.75, 3.05) is 29.1 Å². The van der Waals surface area contributed by atoms with Crippen LogP contribution in [0.5, 0.6) is 0 Å². The molecule has 5 heteroatoms. The Morgan fingerprint density at radius 3 is 2.94 bits per heavy atom. The number of halogens is 2. The lowest BCUT2D eigenvalue weighted by Gasteiger charge is -2.14. The second-order valence-electron chi connectivity index (χ2n) is 3.94. The third-order valence-electron chi connectivity index (χ3n) is 2.72. The Hall–Kier alpha value is -0.970. The van der Waals surface area contributed by atoms with Gasteiger partial charge >= 0.3 is 0 Å². The average Bonchev–Trinajstić information content (AvgIpc) is 2.77. The minimum Gasteiger partial charge on any atom is -0.397 e. The quantitative estimate of drug-likeness (QED) is 0.803. The van der Waals surface area contributed by atoms with Gasteiger partial charge in [0.1, 0.15) is 0 Å². The van der Waals surface area contributed by atoms with Crippen molar-refractivity contribution in [3.8, 4) is 0 Å². The third-order valence-corrected chi connectivity index (χ3v) is 3.95. The zero-order valence-corrected chi connectivity index (χ0v) is 9.62. The van der Waals surface area contributed by atoms with E-state index in [9.17, 15) is 8.78 Å². The van der Waals surface area contributed by atoms with E-state index < -0.39 is 11.6 Å². The molecule has 1 aliphatic rings. The number of hydrogen-bond donors (Lipinski definition) is 2. The van der Waals surface area contributed by atoms with Gasteiger partial charge in [-0.15, -0.1) is 0 Å². The van der Waals surface area contributed by atoms with Crippen LogP contribution in [-0.2, 0) is 0 Å². The Morgan fingerprint density at radius 2 is 2.25 bits per heavy atom. The first kappa shape index (κ1) is 11.5. The van der Waals surface area contributed by atoms with Crippen molar-refractivity contribution in [3.63, 3.8) is 0 Å². The van der Waals surface area contributed by atoms with E-state index in [2.05, 4.69) is 5.32 Å². The predicted molar refractivity (Wildman–Crippen MR) is 64.7 cm³/mol. The van der Waals surface area contributed by atoms with E-state index in [4.69, 9.17) is 5.73 Å². The molecule has 1 saturated heterocycles. The van der Waals surface area contributed by atoms with E-state index in [0.29, 0.717) is 12.5 Å². The molecule has 0 aromatic heterocycles. The fraction of sp³-hybridized carbons (Fsp3) is 0.455. The normalized spacial score (nSPS) is 20.0. The van der Waals surface area contributed by atoms with Crippen LogP contribution in [0.2, 0.25) is 0 Å². The molecule has 2 nitrogen and oxygen atoms in total. The molecule has 1 fully saturated rings. The summed E-state index contributed by atoms with van der Waals surface area (Å²) in [7, 11) is 0. The van der Waals surface area contributed by atoms with Gasteiger partial charge < -0.3 is 11.1 Å². The highest BCUT2D eigenvalue weighted by atomic mass is 32.2. The fourth-order valence-electron chi connectivity index (χ4n) is 1.74. The smallest absolute Gasteiger partial charge is 0.183 e. The second-order valence-corrected chi connectivity index (χ2v) is 5.09. The Kier molecular flexibility index (Phi) is 3.53. The maximum absolute atomic E-state index is 13.4. The second kappa shape index (κ2) is 4.91. The number of nitrogen functional groups attached to an aromatic ring is 1. The van der Waals surface area contributed by atoms with E-state index in [-0.39, 0.29) is 11.4 Å². The lowest BCUT2D eigenvalue weighted by molar-refractivity contribution is 0.510. The third kappa shape index (κ3) is 2.40. The number of hydrogen-bond acceptors (Lipinski definition) is 3. The van der Waals surface area contributed by atoms with Gasteiger partial charge in [-0.2, -0.15) is 11.8 Å². The highest BCUT2D eigenvalue weighted by Gasteiger charge is 2.17. The summed E-state index contributed by atoms with van der Waals surface area (Å²) < 4.78 is 26.4. The standard InChI is InChI=1S/C11H14F2N2S/c12-8-1-2-9(14)11(10(8)13)15-5-7-3-4-16-6-7/h1-2,7,15H,3-6,14H2. The maximum atomic E-state index is 13.4. The maximum Gasteiger partial charge on any atom is 0.183 e. The monoisotopic (exact) mass is 244 g/mol. The summed E-state index contributed by atoms with van der Waals surface area (Å²) in [5.74, 6) is 0.993. The van der Waals surface area contributed by atoms with Crippen LogP contribution in [0, 0.1) is 17.6 Å². The van der Waals surface area contributed by atoms with Crippen LogP contribution in [0.3, 0.4) is 0 Å². The lowest BCUT2D eigenvalue weighted by Crippen LogP contribution is -2.15. The van der Waals surface area contributed by atoms with Crippen molar-refractivity contribution in [1.29, 1.82) is 0 Å². The van der Waals surface area contributed by atoms with Crippen LogP contribution >= 0.6 is 11.8 Å². The van der Waals surface area contributed by atoms with Crippen LogP contribution < -0.4 is 11.1 Å². The van der Waals surface area contributed by atoms with E-state index in [1.54, 1.807) is 0 Å². The van der Waals surface area contributed by atoms with Crippen LogP contribution in [-0.4, -0.2) is 18.1 Å². The van der Waals surface area contributed by atoms with E-state index in [1.165, 1.54) is 6.07 Å². The molecule has 0 aliphatic carbocycles. The zero-order valence-electron chi connectivity index (χ0n) is 8.80. The molecule has 1 aromatic rings. The SMILES string of the molecule is Nc1ccc(F)c(F)c1NCC1CCSC1. The van der Waals surface area contributed by atoms with Crippen molar-refractivity contribution >= 4 is 23.1 Å². The highest BCUT2D eigenvalue weighted by molar-refractivity contribution is 7.99. The zero-order chi connectivity index (χ0) is 11.5. The van der Waals surface area contributed by atoms with Crippen molar-refractivity contribution in [2.45, 2.75) is 6.42 Å². The summed E-state index contributed by atoms with van der Waals surface area (Å²) >= 11 is 1.89. The van der Waals surface area contributed by atoms with Gasteiger partial charge in [0, 0.05) is 6.54 Å². The van der Waals surface area contributed by atoms with Gasteiger partial charge in [0.25, 0.3) is 0 Å². The van der Waals surface area contributed by atoms with Gasteiger partial charge in [-0.1, -0.05) is 0 Å². The molecule has 0 spiro atoms. The Labute approximate surface area is 97.6 Å². The van der Waals surface area contributed by atoms with Crippen LogP contribution in [0.15, 0.2) is 12.1 Å². The molecule has 2 rings (SSSR count). The average molecular weight is 244 g/mol. The minimum atomic E-state index is -0.884. The fourth-order valence-corrected chi connectivity index (χ4v) is 3.02. The molecule has 1 unspecified atom stereocenters. The van der Waals surface area contributed by atoms with Gasteiger partial charge in [-0.25, -0.2) is 8.78 Å². The van der Waals surface area contributed by atoms with Crippen molar-refractivity contribution in [1.82, 2.24) is 0 Å². The Morgan fingerprint density at radius 1 is 1.44 bits per heavy atom. The summed E-state index contributed by atoms with van der Waals surface area (Å²) in [6.07, 6.45) is 1.12. The largest absolute Gasteiger partial charge is 0.397 e. The number of benzene rings is 1. The summed E-state index contributed by atoms with van der Waals surface area (Å²) in [4.78, 5) is 0. The van der Waals surface area contributed by atoms with Crippen LogP contribution in [0.4, 0.5) is 20.2 Å². The molecular formula is C11H14F2N2S. The molecule has 0 radical (unpaired) electrons. The summed E-state index contributed by atoms with van der Waals surface area (Å²) in [5, 5.41) is 2.91. The molecule has 0 amide bonds. The van der Waals surface area contributed by atoms with Gasteiger partial charge in [0.15, 0.2) is 11.6 Å². The number of rotatable bonds is 3. The van der Waals surface area contributed by atoms with E-state index >= 15 is 0 Å². The number of nitrogens with one attached hydrogen (secondary N) is 1. The molecule has 16 heavy (non-hydrogen) atoms. The lowest BCUT2D eigenvalue weighted by atomic mass is 10.1. The minimum absolute atomic E-state index is 0.0944. The van der Waals surface area contributed by atoms with E-state index in [1.807, 2.05) is 11.8 Å². The van der Waals surface area contributed by atoms with Gasteiger partial charge in [0.2, 0.25) is 0 Å². The molecule has 1 aliphatic heterocycles. The van der Waals surface area contributed by atoms with Gasteiger partial charge in [-0.05, 0) is 36.0 Å². The predicted octanol–water partition coefficient (Wildman–Crippen LogP) is 2.71. The molecular weight excluding hydrogens is 230 g/mol. The van der Waals surface area contributed by atoms with Crippen molar-refractivity contribution < 1.29 is 8.78 Å². The summed E-state index contributed by atoms with van der Waals surface area (Å²) in [5.41, 5.74) is 5.95. The Bertz CT molecular complexity index is 378. The Balaban J connectivity index is 2.05. The topological polar surface area (TPSA) is 38.0 Å². The first-order chi connectivity index (χ1) is 7.68. The molecule has 3 N–H and O–H groups in total. The van der Waals surface area contributed by atoms with Crippen LogP contribution in [0.1, 0.15) is 6.42 Å². The summed E-state index contributed by atoms with van der Waals surface area (Å²) in [6, 6.07) is 2.42. The summed E-state index contributed by atoms with van der Waals surface area (Å²) in [6.45, 7) is 0.650. The van der Waals surface area contributed by atoms with Crippen LogP contribution in [0.25, 0.3) is 0 Å². The van der Waals surface area contributed by atoms with Crippen molar-refractivity contribution in [2.24, 2.45) is 5.92 Å². The first-order valence-electron chi connectivity index (χ1n) is 5.23.